The summed E-state index contributed by atoms with van der Waals surface area (Å²) in [6, 6.07) is 16.1. The smallest absolute Gasteiger partial charge is 0.434 e. The number of likely N-dealkylation sites (tertiary alicyclic amines) is 1. The van der Waals surface area contributed by atoms with Crippen molar-refractivity contribution in [1.82, 2.24) is 30.8 Å². The first-order valence-electron chi connectivity index (χ1n) is 23.8. The number of benzene rings is 2. The number of aliphatic hydroxyl groups is 1. The van der Waals surface area contributed by atoms with Gasteiger partial charge in [0.15, 0.2) is 5.69 Å². The van der Waals surface area contributed by atoms with Crippen molar-refractivity contribution in [3.63, 3.8) is 0 Å². The third-order valence-electron chi connectivity index (χ3n) is 13.3. The Labute approximate surface area is 417 Å². The second-order valence-corrected chi connectivity index (χ2v) is 21.6. The molecule has 1 saturated carbocycles. The summed E-state index contributed by atoms with van der Waals surface area (Å²) in [7, 11) is 0. The highest BCUT2D eigenvalue weighted by Crippen LogP contribution is 2.55. The number of aromatic nitrogens is 2. The van der Waals surface area contributed by atoms with Crippen molar-refractivity contribution < 1.29 is 46.9 Å². The predicted molar refractivity (Wildman–Crippen MR) is 263 cm³/mol. The van der Waals surface area contributed by atoms with Gasteiger partial charge in [0, 0.05) is 60.3 Å². The fourth-order valence-corrected chi connectivity index (χ4v) is 10.6. The van der Waals surface area contributed by atoms with Gasteiger partial charge in [0.2, 0.25) is 23.6 Å². The minimum atomic E-state index is -4.82. The molecule has 4 atom stereocenters. The summed E-state index contributed by atoms with van der Waals surface area (Å²) < 4.78 is 52.3. The van der Waals surface area contributed by atoms with E-state index in [1.807, 2.05) is 86.6 Å². The summed E-state index contributed by atoms with van der Waals surface area (Å²) in [5.74, 6) is -1.87. The number of pyridine rings is 1. The standard InChI is InChI=1S/C52H65F3N8O7S/c1-30(32-13-15-33(16-14-32)41-31(2)58-29-71-41)59-45(67)38-25-37(64)27-63(38)46(68)43(49(3,4)5)60-39(65)28-69-24-12-10-11-23-57-36-20-17-34(18-21-36)44(66)62-47-50(6,7)48(51(47,8)9)70-40-22-19-35(26-56)42(61-40)52(53,54)55/h13-22,29-30,37-38,43,47-48,57,64H,10-12,23-25,27-28H2,1-9H3,(H,59,67)(H,60,65)(H,62,66)/t30-,37+,38-,43+,47?,48?/m0/s1. The fraction of sp³-hybridized carbons (Fsp3) is 0.519. The number of unbranched alkanes of at least 4 members (excludes halogenated alkanes) is 2. The summed E-state index contributed by atoms with van der Waals surface area (Å²) in [4.78, 5) is 64.5. The number of aliphatic hydroxyl groups excluding tert-OH is 1. The number of carbonyl (C=O) groups excluding carboxylic acids is 4. The second kappa shape index (κ2) is 22.1. The maximum absolute atomic E-state index is 14.1. The van der Waals surface area contributed by atoms with Crippen LogP contribution in [-0.4, -0.2) is 100 Å². The normalized spacial score (nSPS) is 20.2. The number of nitrogens with one attached hydrogen (secondary N) is 4. The topological polar surface area (TPSA) is 208 Å². The maximum Gasteiger partial charge on any atom is 0.434 e. The molecule has 0 radical (unpaired) electrons. The van der Waals surface area contributed by atoms with E-state index in [-0.39, 0.29) is 49.4 Å². The van der Waals surface area contributed by atoms with Gasteiger partial charge in [-0.1, -0.05) is 72.7 Å². The molecule has 2 aromatic carbocycles. The zero-order valence-electron chi connectivity index (χ0n) is 41.7. The molecule has 2 fully saturated rings. The lowest BCUT2D eigenvalue weighted by molar-refractivity contribution is -0.167. The number of nitriles is 1. The molecule has 1 aliphatic carbocycles. The summed E-state index contributed by atoms with van der Waals surface area (Å²) in [5.41, 5.74) is 1.95. The number of β-amino-alcohol motifs (C(OH)–C–C–N with tert-alkyl or cyclic N) is 1. The van der Waals surface area contributed by atoms with Crippen LogP contribution in [0.5, 0.6) is 5.88 Å². The Morgan fingerprint density at radius 1 is 0.958 bits per heavy atom. The first-order chi connectivity index (χ1) is 33.3. The van der Waals surface area contributed by atoms with Crippen LogP contribution in [0.2, 0.25) is 0 Å². The van der Waals surface area contributed by atoms with Gasteiger partial charge in [-0.25, -0.2) is 9.97 Å². The molecule has 1 aliphatic heterocycles. The highest BCUT2D eigenvalue weighted by molar-refractivity contribution is 7.13. The van der Waals surface area contributed by atoms with E-state index >= 15 is 0 Å². The van der Waals surface area contributed by atoms with Crippen LogP contribution in [0.1, 0.15) is 120 Å². The molecule has 4 amide bonds. The molecule has 6 rings (SSSR count). The van der Waals surface area contributed by atoms with Crippen molar-refractivity contribution >= 4 is 40.7 Å². The second-order valence-electron chi connectivity index (χ2n) is 20.7. The first kappa shape index (κ1) is 54.2. The number of thiazole rings is 1. The SMILES string of the molecule is Cc1ncsc1-c1ccc([C@H](C)NC(=O)[C@@H]2C[C@@H](O)CN2C(=O)[C@@H](NC(=O)COCCCCCNc2ccc(C(=O)NC3C(C)(C)C(Oc4ccc(C#N)c(C(F)(F)F)n4)C3(C)C)cc2)C(C)(C)C)cc1. The molecule has 4 aromatic rings. The van der Waals surface area contributed by atoms with Crippen LogP contribution in [-0.2, 0) is 25.3 Å². The van der Waals surface area contributed by atoms with Gasteiger partial charge in [0.1, 0.15) is 30.9 Å². The lowest BCUT2D eigenvalue weighted by Gasteiger charge is -2.62. The number of hydrogen-bond donors (Lipinski definition) is 5. The molecule has 2 aliphatic rings. The number of rotatable bonds is 19. The minimum Gasteiger partial charge on any atom is -0.473 e. The molecule has 5 N–H and O–H groups in total. The highest BCUT2D eigenvalue weighted by Gasteiger charge is 2.64. The Bertz CT molecular complexity index is 2560. The Hall–Kier alpha value is -6.10. The number of carbonyl (C=O) groups is 4. The monoisotopic (exact) mass is 1000 g/mol. The lowest BCUT2D eigenvalue weighted by atomic mass is 9.49. The number of ether oxygens (including phenoxy) is 2. The van der Waals surface area contributed by atoms with E-state index in [4.69, 9.17) is 14.7 Å². The van der Waals surface area contributed by atoms with E-state index in [0.717, 1.165) is 46.3 Å². The van der Waals surface area contributed by atoms with E-state index < -0.39 is 69.8 Å². The van der Waals surface area contributed by atoms with Gasteiger partial charge in [-0.15, -0.1) is 11.3 Å². The van der Waals surface area contributed by atoms with Gasteiger partial charge >= 0.3 is 6.18 Å². The Morgan fingerprint density at radius 2 is 1.63 bits per heavy atom. The molecule has 3 heterocycles. The van der Waals surface area contributed by atoms with Gasteiger partial charge < -0.3 is 40.7 Å². The zero-order chi connectivity index (χ0) is 52.1. The summed E-state index contributed by atoms with van der Waals surface area (Å²) in [5, 5.41) is 32.0. The quantitative estimate of drug-likeness (QED) is 0.0569. The van der Waals surface area contributed by atoms with Gasteiger partial charge in [-0.3, -0.25) is 19.2 Å². The summed E-state index contributed by atoms with van der Waals surface area (Å²) in [6.45, 7) is 17.4. The van der Waals surface area contributed by atoms with Gasteiger partial charge in [-0.05, 0) is 80.0 Å². The van der Waals surface area contributed by atoms with Crippen LogP contribution in [0, 0.1) is 34.5 Å². The van der Waals surface area contributed by atoms with E-state index in [9.17, 15) is 37.5 Å². The molecule has 19 heteroatoms. The van der Waals surface area contributed by atoms with Crippen molar-refractivity contribution in [2.45, 2.75) is 131 Å². The molecule has 15 nitrogen and oxygen atoms in total. The predicted octanol–water partition coefficient (Wildman–Crippen LogP) is 7.98. The molecule has 382 valence electrons. The number of alkyl halides is 3. The van der Waals surface area contributed by atoms with Crippen LogP contribution in [0.15, 0.2) is 66.2 Å². The Balaban J connectivity index is 0.893. The van der Waals surface area contributed by atoms with Crippen molar-refractivity contribution in [3.05, 3.63) is 94.3 Å². The molecule has 0 unspecified atom stereocenters. The maximum atomic E-state index is 14.1. The van der Waals surface area contributed by atoms with Crippen LogP contribution >= 0.6 is 11.3 Å². The van der Waals surface area contributed by atoms with E-state index in [2.05, 4.69) is 31.2 Å². The van der Waals surface area contributed by atoms with E-state index in [0.29, 0.717) is 25.1 Å². The number of amides is 4. The third kappa shape index (κ3) is 12.9. The molecule has 2 aromatic heterocycles. The van der Waals surface area contributed by atoms with Crippen LogP contribution in [0.4, 0.5) is 18.9 Å². The number of aryl methyl sites for hydroxylation is 1. The largest absolute Gasteiger partial charge is 0.473 e. The van der Waals surface area contributed by atoms with E-state index in [1.54, 1.807) is 41.1 Å². The summed E-state index contributed by atoms with van der Waals surface area (Å²) >= 11 is 1.56. The highest BCUT2D eigenvalue weighted by atomic mass is 32.1. The van der Waals surface area contributed by atoms with Gasteiger partial charge in [0.25, 0.3) is 5.91 Å². The van der Waals surface area contributed by atoms with Crippen molar-refractivity contribution in [2.24, 2.45) is 16.2 Å². The number of anilines is 1. The molecule has 0 bridgehead atoms. The third-order valence-corrected chi connectivity index (χ3v) is 14.3. The Morgan fingerprint density at radius 3 is 2.24 bits per heavy atom. The fourth-order valence-electron chi connectivity index (χ4n) is 9.81. The molecule has 1 saturated heterocycles. The molecular formula is C52H65F3N8O7S. The van der Waals surface area contributed by atoms with Crippen LogP contribution in [0.25, 0.3) is 10.4 Å². The lowest BCUT2D eigenvalue weighted by Crippen LogP contribution is -2.74. The number of halogens is 3. The Kier molecular flexibility index (Phi) is 16.9. The van der Waals surface area contributed by atoms with E-state index in [1.165, 1.54) is 17.0 Å². The number of hydrogen-bond acceptors (Lipinski definition) is 12. The first-order valence-corrected chi connectivity index (χ1v) is 24.7. The van der Waals surface area contributed by atoms with Crippen molar-refractivity contribution in [3.8, 4) is 22.4 Å². The van der Waals surface area contributed by atoms with Crippen LogP contribution in [0.3, 0.4) is 0 Å². The zero-order valence-corrected chi connectivity index (χ0v) is 42.5. The van der Waals surface area contributed by atoms with Gasteiger partial charge in [0.05, 0.1) is 33.8 Å². The molecule has 71 heavy (non-hydrogen) atoms. The average molecular weight is 1000 g/mol. The minimum absolute atomic E-state index is 0.0345. The summed E-state index contributed by atoms with van der Waals surface area (Å²) in [6.07, 6.45) is -3.94. The average Bonchev–Trinajstić information content (AvgIpc) is 3.94. The van der Waals surface area contributed by atoms with Crippen molar-refractivity contribution in [1.29, 1.82) is 5.26 Å². The number of nitrogens with zero attached hydrogens (tertiary/aromatic N) is 4. The van der Waals surface area contributed by atoms with Gasteiger partial charge in [-0.2, -0.15) is 18.4 Å². The van der Waals surface area contributed by atoms with Crippen molar-refractivity contribution in [2.75, 3.05) is 31.6 Å². The molecular weight excluding hydrogens is 938 g/mol. The molecule has 0 spiro atoms. The van der Waals surface area contributed by atoms with Crippen LogP contribution < -0.4 is 26.0 Å².